The third kappa shape index (κ3) is 5.31. The van der Waals surface area contributed by atoms with E-state index in [1.807, 2.05) is 12.1 Å². The van der Waals surface area contributed by atoms with Gasteiger partial charge in [-0.15, -0.1) is 0 Å². The number of hydrogen-bond donors (Lipinski definition) is 0. The molecule has 0 saturated carbocycles. The van der Waals surface area contributed by atoms with Crippen LogP contribution < -0.4 is 4.90 Å². The van der Waals surface area contributed by atoms with Crippen molar-refractivity contribution in [2.24, 2.45) is 0 Å². The predicted molar refractivity (Wildman–Crippen MR) is 113 cm³/mol. The highest BCUT2D eigenvalue weighted by molar-refractivity contribution is 5.80. The molecule has 4 heterocycles. The molecule has 4 rings (SSSR count). The largest absolute Gasteiger partial charge is 0.433 e. The van der Waals surface area contributed by atoms with Crippen molar-refractivity contribution in [3.63, 3.8) is 0 Å². The molecular formula is C22H23F3N6O. The van der Waals surface area contributed by atoms with Crippen LogP contribution in [0.15, 0.2) is 49.2 Å². The monoisotopic (exact) mass is 444 g/mol. The number of ketones is 1. The number of hydrogen-bond acceptors (Lipinski definition) is 6. The summed E-state index contributed by atoms with van der Waals surface area (Å²) in [5.74, 6) is -0.0699. The van der Waals surface area contributed by atoms with Crippen LogP contribution in [0, 0.1) is 0 Å². The maximum atomic E-state index is 12.9. The van der Waals surface area contributed by atoms with Crippen molar-refractivity contribution in [1.29, 1.82) is 0 Å². The summed E-state index contributed by atoms with van der Waals surface area (Å²) in [6.07, 6.45) is 1.53. The summed E-state index contributed by atoms with van der Waals surface area (Å²) in [5.41, 5.74) is 1.38. The standard InChI is InChI=1S/C22H23F3N6O/c1-29-6-8-31(9-7-29)18-3-2-17(27-12-18)11-19(32)13-30-14-20(28-15-30)16-4-5-26-21(10-16)22(23,24)25/h2-5,10,12,14-15H,6-9,11,13H2,1H3. The van der Waals surface area contributed by atoms with Gasteiger partial charge < -0.3 is 14.4 Å². The summed E-state index contributed by atoms with van der Waals surface area (Å²) in [5, 5.41) is 0. The number of carbonyl (C=O) groups excluding carboxylic acids is 1. The van der Waals surface area contributed by atoms with Gasteiger partial charge in [-0.05, 0) is 31.3 Å². The van der Waals surface area contributed by atoms with Crippen molar-refractivity contribution < 1.29 is 18.0 Å². The smallest absolute Gasteiger partial charge is 0.368 e. The third-order valence-electron chi connectivity index (χ3n) is 5.39. The van der Waals surface area contributed by atoms with Crippen LogP contribution in [0.2, 0.25) is 0 Å². The topological polar surface area (TPSA) is 67.2 Å². The van der Waals surface area contributed by atoms with Crippen LogP contribution in [-0.2, 0) is 23.9 Å². The number of anilines is 1. The molecule has 0 N–H and O–H groups in total. The number of likely N-dealkylation sites (N-methyl/N-ethyl adjacent to an activating group) is 1. The number of carbonyl (C=O) groups is 1. The number of Topliss-reactive ketones (excluding diaryl/α,β-unsaturated/α-hetero) is 1. The van der Waals surface area contributed by atoms with Crippen LogP contribution >= 0.6 is 0 Å². The zero-order chi connectivity index (χ0) is 22.7. The summed E-state index contributed by atoms with van der Waals surface area (Å²) < 4.78 is 40.2. The lowest BCUT2D eigenvalue weighted by Crippen LogP contribution is -2.44. The van der Waals surface area contributed by atoms with Gasteiger partial charge in [0, 0.05) is 49.8 Å². The number of aromatic nitrogens is 4. The van der Waals surface area contributed by atoms with E-state index >= 15 is 0 Å². The molecule has 1 aliphatic heterocycles. The van der Waals surface area contributed by atoms with Crippen molar-refractivity contribution in [2.45, 2.75) is 19.1 Å². The van der Waals surface area contributed by atoms with Crippen molar-refractivity contribution in [3.05, 3.63) is 60.6 Å². The molecule has 10 heteroatoms. The fraction of sp³-hybridized carbons (Fsp3) is 0.364. The average Bonchev–Trinajstić information content (AvgIpc) is 3.23. The molecule has 3 aromatic heterocycles. The van der Waals surface area contributed by atoms with Gasteiger partial charge in [0.25, 0.3) is 0 Å². The van der Waals surface area contributed by atoms with Gasteiger partial charge in [-0.25, -0.2) is 4.98 Å². The number of piperazine rings is 1. The zero-order valence-electron chi connectivity index (χ0n) is 17.6. The molecule has 32 heavy (non-hydrogen) atoms. The van der Waals surface area contributed by atoms with Gasteiger partial charge in [-0.3, -0.25) is 14.8 Å². The van der Waals surface area contributed by atoms with Gasteiger partial charge in [-0.1, -0.05) is 0 Å². The molecule has 0 unspecified atom stereocenters. The number of pyridine rings is 2. The molecule has 0 radical (unpaired) electrons. The Hall–Kier alpha value is -3.27. The number of nitrogens with zero attached hydrogens (tertiary/aromatic N) is 6. The highest BCUT2D eigenvalue weighted by atomic mass is 19.4. The molecule has 0 bridgehead atoms. The molecular weight excluding hydrogens is 421 g/mol. The lowest BCUT2D eigenvalue weighted by Gasteiger charge is -2.33. The second-order valence-corrected chi connectivity index (χ2v) is 7.87. The van der Waals surface area contributed by atoms with E-state index in [1.54, 1.807) is 17.0 Å². The molecule has 0 aliphatic carbocycles. The van der Waals surface area contributed by atoms with E-state index in [1.165, 1.54) is 12.4 Å². The molecule has 0 atom stereocenters. The summed E-state index contributed by atoms with van der Waals surface area (Å²) in [6, 6.07) is 6.24. The first-order valence-electron chi connectivity index (χ1n) is 10.2. The van der Waals surface area contributed by atoms with E-state index in [2.05, 4.69) is 31.8 Å². The number of imidazole rings is 1. The van der Waals surface area contributed by atoms with Crippen LogP contribution in [-0.4, -0.2) is 63.4 Å². The Kier molecular flexibility index (Phi) is 6.22. The quantitative estimate of drug-likeness (QED) is 0.583. The molecule has 0 spiro atoms. The Labute approximate surface area is 183 Å². The first kappa shape index (κ1) is 21.9. The van der Waals surface area contributed by atoms with Gasteiger partial charge in [-0.2, -0.15) is 13.2 Å². The van der Waals surface area contributed by atoms with E-state index in [0.29, 0.717) is 17.0 Å². The van der Waals surface area contributed by atoms with E-state index in [0.717, 1.165) is 44.1 Å². The van der Waals surface area contributed by atoms with Gasteiger partial charge in [0.2, 0.25) is 0 Å². The second-order valence-electron chi connectivity index (χ2n) is 7.87. The fourth-order valence-electron chi connectivity index (χ4n) is 3.58. The molecule has 168 valence electrons. The molecule has 0 amide bonds. The molecule has 1 saturated heterocycles. The predicted octanol–water partition coefficient (Wildman–Crippen LogP) is 2.92. The SMILES string of the molecule is CN1CCN(c2ccc(CC(=O)Cn3cnc(-c4ccnc(C(F)(F)F)c4)c3)nc2)CC1. The fourth-order valence-corrected chi connectivity index (χ4v) is 3.58. The lowest BCUT2D eigenvalue weighted by molar-refractivity contribution is -0.141. The first-order valence-corrected chi connectivity index (χ1v) is 10.2. The third-order valence-corrected chi connectivity index (χ3v) is 5.39. The molecule has 3 aromatic rings. The van der Waals surface area contributed by atoms with Crippen molar-refractivity contribution >= 4 is 11.5 Å². The van der Waals surface area contributed by atoms with Crippen LogP contribution in [0.5, 0.6) is 0 Å². The first-order chi connectivity index (χ1) is 15.3. The van der Waals surface area contributed by atoms with E-state index in [9.17, 15) is 18.0 Å². The highest BCUT2D eigenvalue weighted by Gasteiger charge is 2.32. The van der Waals surface area contributed by atoms with Gasteiger partial charge >= 0.3 is 6.18 Å². The number of halogens is 3. The van der Waals surface area contributed by atoms with Crippen molar-refractivity contribution in [1.82, 2.24) is 24.4 Å². The van der Waals surface area contributed by atoms with Crippen molar-refractivity contribution in [3.8, 4) is 11.3 Å². The number of alkyl halides is 3. The maximum Gasteiger partial charge on any atom is 0.433 e. The maximum absolute atomic E-state index is 12.9. The Morgan fingerprint density at radius 3 is 2.53 bits per heavy atom. The normalized spacial score (nSPS) is 15.2. The Bertz CT molecular complexity index is 1070. The Balaban J connectivity index is 1.36. The Morgan fingerprint density at radius 2 is 1.84 bits per heavy atom. The molecule has 7 nitrogen and oxygen atoms in total. The molecule has 1 aliphatic rings. The summed E-state index contributed by atoms with van der Waals surface area (Å²) >= 11 is 0. The van der Waals surface area contributed by atoms with E-state index < -0.39 is 11.9 Å². The highest BCUT2D eigenvalue weighted by Crippen LogP contribution is 2.30. The van der Waals surface area contributed by atoms with Crippen molar-refractivity contribution in [2.75, 3.05) is 38.1 Å². The van der Waals surface area contributed by atoms with Gasteiger partial charge in [0.05, 0.1) is 36.9 Å². The minimum atomic E-state index is -4.53. The summed E-state index contributed by atoms with van der Waals surface area (Å²) in [6.45, 7) is 3.96. The molecule has 0 aromatic carbocycles. The van der Waals surface area contributed by atoms with E-state index in [-0.39, 0.29) is 18.7 Å². The minimum Gasteiger partial charge on any atom is -0.368 e. The molecule has 1 fully saturated rings. The van der Waals surface area contributed by atoms with Crippen LogP contribution in [0.25, 0.3) is 11.3 Å². The van der Waals surface area contributed by atoms with Gasteiger partial charge in [0.1, 0.15) is 5.69 Å². The van der Waals surface area contributed by atoms with E-state index in [4.69, 9.17) is 0 Å². The van der Waals surface area contributed by atoms with Crippen LogP contribution in [0.1, 0.15) is 11.4 Å². The summed E-state index contributed by atoms with van der Waals surface area (Å²) in [4.78, 5) is 28.9. The van der Waals surface area contributed by atoms with Crippen LogP contribution in [0.4, 0.5) is 18.9 Å². The average molecular weight is 444 g/mol. The Morgan fingerprint density at radius 1 is 1.06 bits per heavy atom. The lowest BCUT2D eigenvalue weighted by atomic mass is 10.1. The number of rotatable bonds is 6. The van der Waals surface area contributed by atoms with Gasteiger partial charge in [0.15, 0.2) is 5.78 Å². The van der Waals surface area contributed by atoms with Crippen LogP contribution in [0.3, 0.4) is 0 Å². The zero-order valence-corrected chi connectivity index (χ0v) is 17.6. The second kappa shape index (κ2) is 9.07. The minimum absolute atomic E-state index is 0.0616. The summed E-state index contributed by atoms with van der Waals surface area (Å²) in [7, 11) is 2.10.